The summed E-state index contributed by atoms with van der Waals surface area (Å²) in [6.07, 6.45) is 0.265. The van der Waals surface area contributed by atoms with Gasteiger partial charge in [0.25, 0.3) is 5.91 Å². The normalized spacial score (nSPS) is 11.6. The first-order chi connectivity index (χ1) is 14.9. The molecule has 0 bridgehead atoms. The standard InChI is InChI=1S/C24H20BrCl2NO3/c1-31-24(30)21(28-23(29)22-19(26)7-4-8-20(22)27)13-15-9-11-16(12-10-15)18-6-3-2-5-17(18)14-25/h2-12,21H,13-14H2,1H3,(H,28,29)/t21-/m0/s1. The number of ether oxygens (including phenoxy) is 1. The summed E-state index contributed by atoms with van der Waals surface area (Å²) in [5, 5.41) is 3.87. The summed E-state index contributed by atoms with van der Waals surface area (Å²) >= 11 is 15.8. The van der Waals surface area contributed by atoms with Crippen molar-refractivity contribution < 1.29 is 14.3 Å². The fraction of sp³-hybridized carbons (Fsp3) is 0.167. The van der Waals surface area contributed by atoms with Crippen molar-refractivity contribution in [2.24, 2.45) is 0 Å². The third-order valence-electron chi connectivity index (χ3n) is 4.85. The smallest absolute Gasteiger partial charge is 0.328 e. The van der Waals surface area contributed by atoms with Gasteiger partial charge >= 0.3 is 5.97 Å². The second kappa shape index (κ2) is 10.8. The van der Waals surface area contributed by atoms with Gasteiger partial charge in [-0.3, -0.25) is 4.79 Å². The second-order valence-corrected chi connectivity index (χ2v) is 8.21. The largest absolute Gasteiger partial charge is 0.467 e. The van der Waals surface area contributed by atoms with E-state index in [0.717, 1.165) is 22.0 Å². The van der Waals surface area contributed by atoms with Crippen LogP contribution in [0.2, 0.25) is 10.0 Å². The van der Waals surface area contributed by atoms with Crippen molar-refractivity contribution >= 4 is 51.0 Å². The molecule has 31 heavy (non-hydrogen) atoms. The maximum Gasteiger partial charge on any atom is 0.328 e. The Hall–Kier alpha value is -2.34. The van der Waals surface area contributed by atoms with E-state index >= 15 is 0 Å². The average molecular weight is 521 g/mol. The van der Waals surface area contributed by atoms with Gasteiger partial charge in [-0.1, -0.05) is 93.7 Å². The highest BCUT2D eigenvalue weighted by Gasteiger charge is 2.25. The average Bonchev–Trinajstić information content (AvgIpc) is 2.78. The first-order valence-corrected chi connectivity index (χ1v) is 11.4. The fourth-order valence-corrected chi connectivity index (χ4v) is 4.31. The zero-order valence-electron chi connectivity index (χ0n) is 16.7. The summed E-state index contributed by atoms with van der Waals surface area (Å²) in [7, 11) is 1.28. The number of rotatable bonds is 7. The first kappa shape index (κ1) is 23.3. The van der Waals surface area contributed by atoms with Crippen LogP contribution in [0.1, 0.15) is 21.5 Å². The molecule has 0 aliphatic rings. The molecule has 0 aromatic heterocycles. The lowest BCUT2D eigenvalue weighted by atomic mass is 9.97. The zero-order valence-corrected chi connectivity index (χ0v) is 19.8. The number of carbonyl (C=O) groups is 2. The van der Waals surface area contributed by atoms with Crippen LogP contribution in [0.3, 0.4) is 0 Å². The highest BCUT2D eigenvalue weighted by molar-refractivity contribution is 9.08. The third kappa shape index (κ3) is 5.67. The molecule has 7 heteroatoms. The summed E-state index contributed by atoms with van der Waals surface area (Å²) in [5.74, 6) is -1.08. The Balaban J connectivity index is 1.80. The van der Waals surface area contributed by atoms with Gasteiger partial charge in [0.05, 0.1) is 22.7 Å². The van der Waals surface area contributed by atoms with Gasteiger partial charge in [-0.05, 0) is 34.4 Å². The van der Waals surface area contributed by atoms with Crippen LogP contribution < -0.4 is 5.32 Å². The molecule has 3 rings (SSSR count). The number of hydrogen-bond acceptors (Lipinski definition) is 3. The fourth-order valence-electron chi connectivity index (χ4n) is 3.26. The van der Waals surface area contributed by atoms with Crippen LogP contribution in [0.25, 0.3) is 11.1 Å². The summed E-state index contributed by atoms with van der Waals surface area (Å²) in [5.41, 5.74) is 4.39. The second-order valence-electron chi connectivity index (χ2n) is 6.84. The van der Waals surface area contributed by atoms with E-state index in [9.17, 15) is 9.59 Å². The molecule has 0 aliphatic heterocycles. The Morgan fingerprint density at radius 2 is 1.61 bits per heavy atom. The van der Waals surface area contributed by atoms with Gasteiger partial charge in [0, 0.05) is 11.8 Å². The van der Waals surface area contributed by atoms with Crippen LogP contribution in [0, 0.1) is 0 Å². The van der Waals surface area contributed by atoms with Crippen molar-refractivity contribution in [2.45, 2.75) is 17.8 Å². The molecule has 1 N–H and O–H groups in total. The SMILES string of the molecule is COC(=O)[C@H](Cc1ccc(-c2ccccc2CBr)cc1)NC(=O)c1c(Cl)cccc1Cl. The molecular formula is C24H20BrCl2NO3. The molecule has 0 radical (unpaired) electrons. The van der Waals surface area contributed by atoms with Crippen LogP contribution in [-0.2, 0) is 21.3 Å². The molecule has 3 aromatic carbocycles. The van der Waals surface area contributed by atoms with Gasteiger partial charge in [0.15, 0.2) is 0 Å². The van der Waals surface area contributed by atoms with E-state index in [2.05, 4.69) is 33.4 Å². The predicted octanol–water partition coefficient (Wildman–Crippen LogP) is 6.07. The lowest BCUT2D eigenvalue weighted by molar-refractivity contribution is -0.142. The number of methoxy groups -OCH3 is 1. The number of hydrogen-bond donors (Lipinski definition) is 1. The Labute approximate surface area is 199 Å². The molecule has 4 nitrogen and oxygen atoms in total. The van der Waals surface area contributed by atoms with Crippen LogP contribution in [0.15, 0.2) is 66.7 Å². The summed E-state index contributed by atoms with van der Waals surface area (Å²) in [6, 6.07) is 19.9. The molecule has 160 valence electrons. The molecule has 1 amide bonds. The maximum atomic E-state index is 12.7. The Bertz CT molecular complexity index is 1070. The van der Waals surface area contributed by atoms with Crippen LogP contribution in [-0.4, -0.2) is 25.0 Å². The van der Waals surface area contributed by atoms with E-state index < -0.39 is 17.9 Å². The van der Waals surface area contributed by atoms with Crippen molar-refractivity contribution in [3.05, 3.63) is 93.5 Å². The monoisotopic (exact) mass is 519 g/mol. The van der Waals surface area contributed by atoms with Gasteiger partial charge in [-0.2, -0.15) is 0 Å². The molecule has 0 spiro atoms. The molecule has 0 fully saturated rings. The quantitative estimate of drug-likeness (QED) is 0.304. The highest BCUT2D eigenvalue weighted by Crippen LogP contribution is 2.27. The number of carbonyl (C=O) groups excluding carboxylic acids is 2. The van der Waals surface area contributed by atoms with Crippen molar-refractivity contribution in [1.29, 1.82) is 0 Å². The molecule has 3 aromatic rings. The van der Waals surface area contributed by atoms with Crippen molar-refractivity contribution in [3.8, 4) is 11.1 Å². The minimum atomic E-state index is -0.884. The van der Waals surface area contributed by atoms with E-state index in [0.29, 0.717) is 0 Å². The number of esters is 1. The van der Waals surface area contributed by atoms with E-state index in [-0.39, 0.29) is 22.0 Å². The maximum absolute atomic E-state index is 12.7. The van der Waals surface area contributed by atoms with Gasteiger partial charge < -0.3 is 10.1 Å². The Kier molecular flexibility index (Phi) is 8.13. The van der Waals surface area contributed by atoms with Crippen LogP contribution in [0.4, 0.5) is 0 Å². The topological polar surface area (TPSA) is 55.4 Å². The van der Waals surface area contributed by atoms with Crippen LogP contribution in [0.5, 0.6) is 0 Å². The molecule has 0 saturated carbocycles. The number of nitrogens with one attached hydrogen (secondary N) is 1. The van der Waals surface area contributed by atoms with Gasteiger partial charge in [0.1, 0.15) is 6.04 Å². The predicted molar refractivity (Wildman–Crippen MR) is 128 cm³/mol. The third-order valence-corrected chi connectivity index (χ3v) is 6.08. The molecule has 0 saturated heterocycles. The molecule has 1 atom stereocenters. The van der Waals surface area contributed by atoms with E-state index in [4.69, 9.17) is 27.9 Å². The lowest BCUT2D eigenvalue weighted by Crippen LogP contribution is -2.43. The van der Waals surface area contributed by atoms with Crippen molar-refractivity contribution in [3.63, 3.8) is 0 Å². The highest BCUT2D eigenvalue weighted by atomic mass is 79.9. The van der Waals surface area contributed by atoms with Gasteiger partial charge in [-0.25, -0.2) is 4.79 Å². The molecule has 0 unspecified atom stereocenters. The number of halogens is 3. The van der Waals surface area contributed by atoms with Crippen LogP contribution >= 0.6 is 39.1 Å². The lowest BCUT2D eigenvalue weighted by Gasteiger charge is -2.18. The minimum Gasteiger partial charge on any atom is -0.467 e. The van der Waals surface area contributed by atoms with E-state index in [1.807, 2.05) is 36.4 Å². The Morgan fingerprint density at radius 3 is 2.23 bits per heavy atom. The van der Waals surface area contributed by atoms with Crippen molar-refractivity contribution in [1.82, 2.24) is 5.32 Å². The van der Waals surface area contributed by atoms with E-state index in [1.165, 1.54) is 12.7 Å². The molecule has 0 aliphatic carbocycles. The number of benzene rings is 3. The minimum absolute atomic E-state index is 0.126. The molecule has 0 heterocycles. The first-order valence-electron chi connectivity index (χ1n) is 9.50. The number of alkyl halides is 1. The molecular weight excluding hydrogens is 501 g/mol. The van der Waals surface area contributed by atoms with Crippen molar-refractivity contribution in [2.75, 3.05) is 7.11 Å². The van der Waals surface area contributed by atoms with Gasteiger partial charge in [0.2, 0.25) is 0 Å². The van der Waals surface area contributed by atoms with E-state index in [1.54, 1.807) is 18.2 Å². The zero-order chi connectivity index (χ0) is 22.4. The van der Waals surface area contributed by atoms with Gasteiger partial charge in [-0.15, -0.1) is 0 Å². The number of amides is 1. The Morgan fingerprint density at radius 1 is 0.968 bits per heavy atom. The summed E-state index contributed by atoms with van der Waals surface area (Å²) in [6.45, 7) is 0. The summed E-state index contributed by atoms with van der Waals surface area (Å²) < 4.78 is 4.88. The summed E-state index contributed by atoms with van der Waals surface area (Å²) in [4.78, 5) is 25.0.